The number of nitrogens with one attached hydrogen (secondary N) is 1. The number of hydrogen-bond acceptors (Lipinski definition) is 6. The van der Waals surface area contributed by atoms with Crippen molar-refractivity contribution in [2.24, 2.45) is 0 Å². The van der Waals surface area contributed by atoms with E-state index in [4.69, 9.17) is 9.47 Å². The van der Waals surface area contributed by atoms with E-state index in [0.29, 0.717) is 17.9 Å². The van der Waals surface area contributed by atoms with Crippen LogP contribution in [-0.4, -0.2) is 43.0 Å². The van der Waals surface area contributed by atoms with E-state index in [-0.39, 0.29) is 17.1 Å². The number of halogens is 1. The summed E-state index contributed by atoms with van der Waals surface area (Å²) in [7, 11) is 4.49. The number of carbonyl (C=O) groups excluding carboxylic acids is 1. The molecule has 0 heterocycles. The van der Waals surface area contributed by atoms with Gasteiger partial charge in [-0.05, 0) is 43.8 Å². The second kappa shape index (κ2) is 9.14. The van der Waals surface area contributed by atoms with Crippen LogP contribution >= 0.6 is 0 Å². The van der Waals surface area contributed by atoms with Crippen molar-refractivity contribution in [3.63, 3.8) is 0 Å². The van der Waals surface area contributed by atoms with Crippen LogP contribution in [0.2, 0.25) is 0 Å². The van der Waals surface area contributed by atoms with Gasteiger partial charge >= 0.3 is 0 Å². The number of amides is 1. The van der Waals surface area contributed by atoms with E-state index in [1.54, 1.807) is 24.9 Å². The lowest BCUT2D eigenvalue weighted by Crippen LogP contribution is -2.39. The summed E-state index contributed by atoms with van der Waals surface area (Å²) in [5, 5.41) is 13.8. The Hall–Kier alpha value is -3.20. The van der Waals surface area contributed by atoms with Crippen LogP contribution in [0.5, 0.6) is 11.5 Å². The topological polar surface area (TPSA) is 93.9 Å². The zero-order valence-electron chi connectivity index (χ0n) is 16.1. The third-order valence-corrected chi connectivity index (χ3v) is 4.35. The van der Waals surface area contributed by atoms with E-state index in [9.17, 15) is 19.3 Å². The van der Waals surface area contributed by atoms with Crippen LogP contribution in [-0.2, 0) is 11.3 Å². The van der Waals surface area contributed by atoms with Gasteiger partial charge in [0.1, 0.15) is 11.4 Å². The highest BCUT2D eigenvalue weighted by atomic mass is 19.1. The minimum Gasteiger partial charge on any atom is -0.496 e. The molecule has 0 aliphatic heterocycles. The number of nitro groups is 1. The van der Waals surface area contributed by atoms with Crippen LogP contribution in [0.4, 0.5) is 15.8 Å². The Morgan fingerprint density at radius 1 is 1.25 bits per heavy atom. The molecule has 0 fully saturated rings. The summed E-state index contributed by atoms with van der Waals surface area (Å²) in [6, 6.07) is 8.13. The Bertz CT molecular complexity index is 875. The third kappa shape index (κ3) is 4.95. The molecule has 0 bridgehead atoms. The van der Waals surface area contributed by atoms with E-state index in [0.717, 1.165) is 0 Å². The van der Waals surface area contributed by atoms with Crippen LogP contribution < -0.4 is 14.8 Å². The van der Waals surface area contributed by atoms with Gasteiger partial charge in [0.05, 0.1) is 31.3 Å². The summed E-state index contributed by atoms with van der Waals surface area (Å²) >= 11 is 0. The molecular weight excluding hydrogens is 369 g/mol. The minimum absolute atomic E-state index is 0.0755. The second-order valence-corrected chi connectivity index (χ2v) is 6.19. The predicted octanol–water partition coefficient (Wildman–Crippen LogP) is 3.21. The highest BCUT2D eigenvalue weighted by molar-refractivity contribution is 5.96. The zero-order valence-corrected chi connectivity index (χ0v) is 16.1. The third-order valence-electron chi connectivity index (χ3n) is 4.35. The van der Waals surface area contributed by atoms with E-state index in [2.05, 4.69) is 5.32 Å². The molecule has 0 saturated carbocycles. The number of anilines is 1. The van der Waals surface area contributed by atoms with Crippen LogP contribution in [0.25, 0.3) is 0 Å². The molecule has 0 spiro atoms. The standard InChI is InChI=1S/C19H22FN3O5/c1-12(22(2)11-13-5-8-18(28-4)15(20)9-13)19(24)21-16-7-6-14(27-3)10-17(16)23(25)26/h5-10,12H,11H2,1-4H3,(H,21,24). The van der Waals surface area contributed by atoms with Crippen molar-refractivity contribution in [1.82, 2.24) is 4.90 Å². The van der Waals surface area contributed by atoms with Gasteiger partial charge in [0.2, 0.25) is 5.91 Å². The maximum absolute atomic E-state index is 13.8. The molecule has 1 atom stereocenters. The van der Waals surface area contributed by atoms with E-state index < -0.39 is 22.7 Å². The van der Waals surface area contributed by atoms with Gasteiger partial charge in [-0.2, -0.15) is 0 Å². The number of carbonyl (C=O) groups is 1. The number of nitrogens with zero attached hydrogens (tertiary/aromatic N) is 2. The lowest BCUT2D eigenvalue weighted by molar-refractivity contribution is -0.384. The Morgan fingerprint density at radius 3 is 2.54 bits per heavy atom. The van der Waals surface area contributed by atoms with Crippen molar-refractivity contribution in [3.05, 3.63) is 57.9 Å². The molecule has 9 heteroatoms. The molecule has 1 N–H and O–H groups in total. The number of hydrogen-bond donors (Lipinski definition) is 1. The normalized spacial score (nSPS) is 11.8. The van der Waals surface area contributed by atoms with E-state index >= 15 is 0 Å². The first kappa shape index (κ1) is 21.1. The van der Waals surface area contributed by atoms with E-state index in [1.165, 1.54) is 44.6 Å². The molecule has 2 aromatic carbocycles. The Morgan fingerprint density at radius 2 is 1.96 bits per heavy atom. The maximum Gasteiger partial charge on any atom is 0.296 e. The summed E-state index contributed by atoms with van der Waals surface area (Å²) in [5.41, 5.74) is 0.474. The van der Waals surface area contributed by atoms with Crippen LogP contribution in [0.15, 0.2) is 36.4 Å². The fourth-order valence-electron chi connectivity index (χ4n) is 2.57. The predicted molar refractivity (Wildman–Crippen MR) is 102 cm³/mol. The molecule has 28 heavy (non-hydrogen) atoms. The molecule has 2 aromatic rings. The van der Waals surface area contributed by atoms with Gasteiger partial charge in [-0.15, -0.1) is 0 Å². The maximum atomic E-state index is 13.8. The van der Waals surface area contributed by atoms with Gasteiger partial charge in [0.25, 0.3) is 5.69 Å². The molecular formula is C19H22FN3O5. The minimum atomic E-state index is -0.619. The van der Waals surface area contributed by atoms with Gasteiger partial charge < -0.3 is 14.8 Å². The van der Waals surface area contributed by atoms with Crippen molar-refractivity contribution in [3.8, 4) is 11.5 Å². The number of methoxy groups -OCH3 is 2. The molecule has 150 valence electrons. The summed E-state index contributed by atoms with van der Waals surface area (Å²) in [5.74, 6) is -0.454. The summed E-state index contributed by atoms with van der Waals surface area (Å²) in [4.78, 5) is 24.9. The molecule has 0 saturated heterocycles. The molecule has 0 radical (unpaired) electrons. The highest BCUT2D eigenvalue weighted by Gasteiger charge is 2.23. The largest absolute Gasteiger partial charge is 0.496 e. The number of benzene rings is 2. The zero-order chi connectivity index (χ0) is 20.8. The number of rotatable bonds is 8. The van der Waals surface area contributed by atoms with Crippen LogP contribution in [0.1, 0.15) is 12.5 Å². The van der Waals surface area contributed by atoms with Crippen LogP contribution in [0, 0.1) is 15.9 Å². The van der Waals surface area contributed by atoms with Crippen LogP contribution in [0.3, 0.4) is 0 Å². The first-order chi connectivity index (χ1) is 13.3. The molecule has 0 aromatic heterocycles. The molecule has 2 rings (SSSR count). The molecule has 0 aliphatic carbocycles. The smallest absolute Gasteiger partial charge is 0.296 e. The summed E-state index contributed by atoms with van der Waals surface area (Å²) < 4.78 is 23.7. The average molecular weight is 391 g/mol. The van der Waals surface area contributed by atoms with Gasteiger partial charge in [-0.1, -0.05) is 6.07 Å². The Balaban J connectivity index is 2.10. The quantitative estimate of drug-likeness (QED) is 0.549. The van der Waals surface area contributed by atoms with Crippen molar-refractivity contribution in [2.75, 3.05) is 26.6 Å². The first-order valence-corrected chi connectivity index (χ1v) is 8.42. The van der Waals surface area contributed by atoms with Crippen molar-refractivity contribution in [1.29, 1.82) is 0 Å². The Kier molecular flexibility index (Phi) is 6.89. The molecule has 0 aliphatic rings. The number of likely N-dealkylation sites (N-methyl/N-ethyl adjacent to an activating group) is 1. The lowest BCUT2D eigenvalue weighted by atomic mass is 10.1. The lowest BCUT2D eigenvalue weighted by Gasteiger charge is -2.24. The van der Waals surface area contributed by atoms with Crippen molar-refractivity contribution in [2.45, 2.75) is 19.5 Å². The first-order valence-electron chi connectivity index (χ1n) is 8.42. The monoisotopic (exact) mass is 391 g/mol. The molecule has 8 nitrogen and oxygen atoms in total. The molecule has 1 unspecified atom stereocenters. The van der Waals surface area contributed by atoms with Gasteiger partial charge in [0.15, 0.2) is 11.6 Å². The fourth-order valence-corrected chi connectivity index (χ4v) is 2.57. The highest BCUT2D eigenvalue weighted by Crippen LogP contribution is 2.29. The van der Waals surface area contributed by atoms with Gasteiger partial charge in [0, 0.05) is 6.54 Å². The fraction of sp³-hybridized carbons (Fsp3) is 0.316. The van der Waals surface area contributed by atoms with Crippen molar-refractivity contribution < 1.29 is 23.6 Å². The van der Waals surface area contributed by atoms with E-state index in [1.807, 2.05) is 0 Å². The average Bonchev–Trinajstić information content (AvgIpc) is 2.67. The second-order valence-electron chi connectivity index (χ2n) is 6.19. The van der Waals surface area contributed by atoms with Crippen molar-refractivity contribution >= 4 is 17.3 Å². The SMILES string of the molecule is COc1ccc(NC(=O)C(C)N(C)Cc2ccc(OC)c(F)c2)c([N+](=O)[O-])c1. The Labute approximate surface area is 162 Å². The van der Waals surface area contributed by atoms with Gasteiger partial charge in [-0.3, -0.25) is 19.8 Å². The van der Waals surface area contributed by atoms with Gasteiger partial charge in [-0.25, -0.2) is 4.39 Å². The number of ether oxygens (including phenoxy) is 2. The summed E-state index contributed by atoms with van der Waals surface area (Å²) in [6.07, 6.45) is 0. The molecule has 1 amide bonds. The number of nitro benzene ring substituents is 1. The summed E-state index contributed by atoms with van der Waals surface area (Å²) in [6.45, 7) is 1.96.